The molecule has 34 heavy (non-hydrogen) atoms. The number of ether oxygens (including phenoxy) is 2. The van der Waals surface area contributed by atoms with Crippen LogP contribution < -0.4 is 14.4 Å². The minimum Gasteiger partial charge on any atom is -0.493 e. The van der Waals surface area contributed by atoms with Crippen LogP contribution in [-0.2, 0) is 14.6 Å². The van der Waals surface area contributed by atoms with Crippen molar-refractivity contribution >= 4 is 54.8 Å². The number of halogens is 1. The monoisotopic (exact) mass is 527 g/mol. The van der Waals surface area contributed by atoms with Gasteiger partial charge in [-0.05, 0) is 39.2 Å². The van der Waals surface area contributed by atoms with Crippen molar-refractivity contribution in [3.05, 3.63) is 42.5 Å². The first kappa shape index (κ1) is 27.8. The largest absolute Gasteiger partial charge is 0.493 e. The van der Waals surface area contributed by atoms with Gasteiger partial charge in [0.1, 0.15) is 0 Å². The molecule has 2 aromatic carbocycles. The number of aromatic nitrogens is 1. The zero-order valence-electron chi connectivity index (χ0n) is 19.7. The van der Waals surface area contributed by atoms with Crippen LogP contribution in [-0.4, -0.2) is 71.4 Å². The van der Waals surface area contributed by atoms with Crippen LogP contribution in [0.5, 0.6) is 11.5 Å². The lowest BCUT2D eigenvalue weighted by atomic mass is 10.3. The van der Waals surface area contributed by atoms with E-state index in [2.05, 4.69) is 4.98 Å². The number of methoxy groups -OCH3 is 2. The summed E-state index contributed by atoms with van der Waals surface area (Å²) in [5.41, 5.74) is 0.690. The third kappa shape index (κ3) is 6.82. The van der Waals surface area contributed by atoms with E-state index in [1.165, 1.54) is 11.3 Å². The van der Waals surface area contributed by atoms with Crippen molar-refractivity contribution < 1.29 is 22.7 Å². The molecule has 186 valence electrons. The summed E-state index contributed by atoms with van der Waals surface area (Å²) in [5.74, 6) is 0.610. The number of rotatable bonds is 11. The lowest BCUT2D eigenvalue weighted by Gasteiger charge is -2.21. The second-order valence-electron chi connectivity index (χ2n) is 7.76. The number of anilines is 1. The van der Waals surface area contributed by atoms with Gasteiger partial charge in [-0.15, -0.1) is 12.4 Å². The summed E-state index contributed by atoms with van der Waals surface area (Å²) in [5, 5.41) is 0.529. The van der Waals surface area contributed by atoms with E-state index in [9.17, 15) is 13.2 Å². The molecule has 0 aliphatic rings. The third-order valence-corrected chi connectivity index (χ3v) is 7.86. The van der Waals surface area contributed by atoms with Gasteiger partial charge in [0.15, 0.2) is 26.5 Å². The summed E-state index contributed by atoms with van der Waals surface area (Å²) in [6.45, 7) is 1.23. The Balaban J connectivity index is 0.00000408. The maximum atomic E-state index is 13.2. The highest BCUT2D eigenvalue weighted by molar-refractivity contribution is 7.91. The molecule has 8 nitrogen and oxygen atoms in total. The molecular weight excluding hydrogens is 498 g/mol. The van der Waals surface area contributed by atoms with E-state index in [0.29, 0.717) is 28.7 Å². The first-order valence-electron chi connectivity index (χ1n) is 10.5. The molecule has 3 aromatic rings. The van der Waals surface area contributed by atoms with Crippen molar-refractivity contribution in [3.8, 4) is 11.5 Å². The number of sulfone groups is 1. The molecule has 0 saturated carbocycles. The summed E-state index contributed by atoms with van der Waals surface area (Å²) in [7, 11) is 3.50. The molecule has 0 aliphatic carbocycles. The smallest absolute Gasteiger partial charge is 0.229 e. The van der Waals surface area contributed by atoms with Crippen LogP contribution in [0.15, 0.2) is 47.4 Å². The first-order valence-corrected chi connectivity index (χ1v) is 13.0. The standard InChI is InChI=1S/C23H29N3O5S2.ClH/c1-25(2)12-8-13-26(22(27)11-14-33(28,29)17-9-6-5-7-10-17)23-24-18-15-19(30-3)20(31-4)16-21(18)32-23;/h5-7,9-10,15-16H,8,11-14H2,1-4H3;1H. The molecule has 0 bridgehead atoms. The molecule has 3 rings (SSSR count). The molecule has 0 N–H and O–H groups in total. The fraction of sp³-hybridized carbons (Fsp3) is 0.391. The highest BCUT2D eigenvalue weighted by atomic mass is 35.5. The van der Waals surface area contributed by atoms with Crippen molar-refractivity contribution in [2.24, 2.45) is 0 Å². The predicted octanol–water partition coefficient (Wildman–Crippen LogP) is 3.88. The Labute approximate surface area is 210 Å². The highest BCUT2D eigenvalue weighted by Crippen LogP contribution is 2.37. The van der Waals surface area contributed by atoms with E-state index >= 15 is 0 Å². The Morgan fingerprint density at radius 1 is 1.03 bits per heavy atom. The molecule has 1 heterocycles. The predicted molar refractivity (Wildman–Crippen MR) is 139 cm³/mol. The van der Waals surface area contributed by atoms with Gasteiger partial charge in [-0.2, -0.15) is 0 Å². The number of thiazole rings is 1. The minimum atomic E-state index is -3.55. The second-order valence-corrected chi connectivity index (χ2v) is 10.9. The average molecular weight is 528 g/mol. The summed E-state index contributed by atoms with van der Waals surface area (Å²) in [4.78, 5) is 21.7. The molecule has 0 saturated heterocycles. The van der Waals surface area contributed by atoms with Crippen molar-refractivity contribution in [1.82, 2.24) is 9.88 Å². The molecule has 1 amide bonds. The number of carbonyl (C=O) groups is 1. The van der Waals surface area contributed by atoms with Crippen LogP contribution in [0.4, 0.5) is 5.13 Å². The maximum absolute atomic E-state index is 13.2. The van der Waals surface area contributed by atoms with Crippen LogP contribution in [0, 0.1) is 0 Å². The summed E-state index contributed by atoms with van der Waals surface area (Å²) in [6.07, 6.45) is 0.606. The molecule has 1 aromatic heterocycles. The highest BCUT2D eigenvalue weighted by Gasteiger charge is 2.23. The maximum Gasteiger partial charge on any atom is 0.229 e. The lowest BCUT2D eigenvalue weighted by molar-refractivity contribution is -0.118. The van der Waals surface area contributed by atoms with Gasteiger partial charge < -0.3 is 14.4 Å². The van der Waals surface area contributed by atoms with Gasteiger partial charge in [0.2, 0.25) is 5.91 Å². The molecule has 0 atom stereocenters. The van der Waals surface area contributed by atoms with Crippen LogP contribution >= 0.6 is 23.7 Å². The Bertz CT molecular complexity index is 1160. The van der Waals surface area contributed by atoms with Crippen LogP contribution in [0.2, 0.25) is 0 Å². The summed E-state index contributed by atoms with van der Waals surface area (Å²) in [6, 6.07) is 11.8. The number of hydrogen-bond donors (Lipinski definition) is 0. The Kier molecular flexibility index (Phi) is 10.1. The van der Waals surface area contributed by atoms with E-state index in [1.807, 2.05) is 25.1 Å². The van der Waals surface area contributed by atoms with Gasteiger partial charge in [0.25, 0.3) is 0 Å². The zero-order valence-corrected chi connectivity index (χ0v) is 22.1. The van der Waals surface area contributed by atoms with E-state index in [-0.39, 0.29) is 35.4 Å². The normalized spacial score (nSPS) is 11.3. The number of nitrogens with zero attached hydrogens (tertiary/aromatic N) is 3. The van der Waals surface area contributed by atoms with E-state index in [0.717, 1.165) is 17.7 Å². The SMILES string of the molecule is COc1cc2nc(N(CCCN(C)C)C(=O)CCS(=O)(=O)c3ccccc3)sc2cc1OC.Cl. The number of benzene rings is 2. The van der Waals surface area contributed by atoms with E-state index in [4.69, 9.17) is 9.47 Å². The molecule has 0 unspecified atom stereocenters. The molecule has 0 radical (unpaired) electrons. The van der Waals surface area contributed by atoms with Gasteiger partial charge in [-0.25, -0.2) is 13.4 Å². The average Bonchev–Trinajstić information content (AvgIpc) is 3.22. The Morgan fingerprint density at radius 2 is 1.68 bits per heavy atom. The molecule has 0 aliphatic heterocycles. The fourth-order valence-electron chi connectivity index (χ4n) is 3.33. The quantitative estimate of drug-likeness (QED) is 0.374. The van der Waals surface area contributed by atoms with Crippen LogP contribution in [0.3, 0.4) is 0 Å². The summed E-state index contributed by atoms with van der Waals surface area (Å²) >= 11 is 1.37. The number of carbonyl (C=O) groups excluding carboxylic acids is 1. The number of fused-ring (bicyclic) bond motifs is 1. The fourth-order valence-corrected chi connectivity index (χ4v) is 5.60. The molecule has 0 spiro atoms. The van der Waals surface area contributed by atoms with Gasteiger partial charge >= 0.3 is 0 Å². The lowest BCUT2D eigenvalue weighted by Crippen LogP contribution is -2.34. The van der Waals surface area contributed by atoms with Crippen molar-refractivity contribution in [1.29, 1.82) is 0 Å². The van der Waals surface area contributed by atoms with Crippen molar-refractivity contribution in [2.75, 3.05) is 52.1 Å². The molecule has 11 heteroatoms. The Hall–Kier alpha value is -2.40. The van der Waals surface area contributed by atoms with Crippen molar-refractivity contribution in [3.63, 3.8) is 0 Å². The number of hydrogen-bond acceptors (Lipinski definition) is 8. The van der Waals surface area contributed by atoms with Gasteiger partial charge in [0.05, 0.1) is 35.1 Å². The van der Waals surface area contributed by atoms with Gasteiger partial charge in [-0.3, -0.25) is 9.69 Å². The number of amides is 1. The molecular formula is C23H30ClN3O5S2. The van der Waals surface area contributed by atoms with Gasteiger partial charge in [-0.1, -0.05) is 29.5 Å². The zero-order chi connectivity index (χ0) is 24.0. The van der Waals surface area contributed by atoms with E-state index < -0.39 is 9.84 Å². The van der Waals surface area contributed by atoms with E-state index in [1.54, 1.807) is 55.5 Å². The minimum absolute atomic E-state index is 0. The Morgan fingerprint density at radius 3 is 2.29 bits per heavy atom. The second kappa shape index (κ2) is 12.3. The third-order valence-electron chi connectivity index (χ3n) is 5.09. The first-order chi connectivity index (χ1) is 15.7. The van der Waals surface area contributed by atoms with Crippen molar-refractivity contribution in [2.45, 2.75) is 17.7 Å². The molecule has 0 fully saturated rings. The topological polar surface area (TPSA) is 89.0 Å². The summed E-state index contributed by atoms with van der Waals surface area (Å²) < 4.78 is 36.9. The van der Waals surface area contributed by atoms with Crippen LogP contribution in [0.25, 0.3) is 10.2 Å². The van der Waals surface area contributed by atoms with Gasteiger partial charge in [0, 0.05) is 25.1 Å². The van der Waals surface area contributed by atoms with Crippen LogP contribution in [0.1, 0.15) is 12.8 Å².